The largest absolute Gasteiger partial charge is 0.493 e. The van der Waals surface area contributed by atoms with Crippen LogP contribution in [0.25, 0.3) is 0 Å². The number of methoxy groups -OCH3 is 1. The van der Waals surface area contributed by atoms with Crippen LogP contribution in [-0.2, 0) is 15.9 Å². The quantitative estimate of drug-likeness (QED) is 0.793. The first-order valence-corrected chi connectivity index (χ1v) is 6.86. The van der Waals surface area contributed by atoms with Crippen molar-refractivity contribution in [3.63, 3.8) is 0 Å². The van der Waals surface area contributed by atoms with Gasteiger partial charge in [-0.1, -0.05) is 13.0 Å². The minimum absolute atomic E-state index is 0.130. The Morgan fingerprint density at radius 3 is 2.68 bits per heavy atom. The van der Waals surface area contributed by atoms with Gasteiger partial charge in [0.25, 0.3) is 0 Å². The van der Waals surface area contributed by atoms with Gasteiger partial charge in [0.2, 0.25) is 0 Å². The molecule has 0 atom stereocenters. The third-order valence-corrected chi connectivity index (χ3v) is 3.14. The molecule has 0 aliphatic carbocycles. The summed E-state index contributed by atoms with van der Waals surface area (Å²) in [6, 6.07) is 6.04. The van der Waals surface area contributed by atoms with Gasteiger partial charge in [-0.25, -0.2) is 0 Å². The summed E-state index contributed by atoms with van der Waals surface area (Å²) in [5, 5.41) is 0. The van der Waals surface area contributed by atoms with Crippen LogP contribution in [0, 0.1) is 0 Å². The van der Waals surface area contributed by atoms with Crippen LogP contribution in [0.15, 0.2) is 18.2 Å². The van der Waals surface area contributed by atoms with Gasteiger partial charge in [-0.3, -0.25) is 0 Å². The Hall–Kier alpha value is -1.26. The third-order valence-electron chi connectivity index (χ3n) is 3.14. The Morgan fingerprint density at radius 1 is 1.21 bits per heavy atom. The van der Waals surface area contributed by atoms with E-state index in [1.54, 1.807) is 7.11 Å². The van der Waals surface area contributed by atoms with Crippen LogP contribution in [0.2, 0.25) is 0 Å². The molecule has 0 unspecified atom stereocenters. The lowest BCUT2D eigenvalue weighted by molar-refractivity contribution is -0.183. The normalized spacial score (nSPS) is 16.3. The molecule has 0 radical (unpaired) electrons. The van der Waals surface area contributed by atoms with Crippen molar-refractivity contribution in [1.82, 2.24) is 0 Å². The average molecular weight is 266 g/mol. The van der Waals surface area contributed by atoms with Gasteiger partial charge in [-0.15, -0.1) is 0 Å². The molecule has 1 aromatic carbocycles. The monoisotopic (exact) mass is 266 g/mol. The number of rotatable bonds is 6. The van der Waals surface area contributed by atoms with Gasteiger partial charge in [-0.2, -0.15) is 0 Å². The summed E-state index contributed by atoms with van der Waals surface area (Å²) in [5.74, 6) is 1.56. The van der Waals surface area contributed by atoms with E-state index in [0.29, 0.717) is 6.61 Å². The molecule has 0 spiro atoms. The van der Waals surface area contributed by atoms with Gasteiger partial charge in [-0.05, 0) is 30.5 Å². The highest BCUT2D eigenvalue weighted by molar-refractivity contribution is 5.42. The van der Waals surface area contributed by atoms with E-state index < -0.39 is 0 Å². The van der Waals surface area contributed by atoms with Crippen molar-refractivity contribution < 1.29 is 18.9 Å². The molecule has 0 saturated carbocycles. The summed E-state index contributed by atoms with van der Waals surface area (Å²) >= 11 is 0. The molecule has 1 fully saturated rings. The fourth-order valence-electron chi connectivity index (χ4n) is 2.02. The third kappa shape index (κ3) is 4.11. The van der Waals surface area contributed by atoms with Crippen LogP contribution >= 0.6 is 0 Å². The Kier molecular flexibility index (Phi) is 5.48. The van der Waals surface area contributed by atoms with Gasteiger partial charge in [0.05, 0.1) is 26.9 Å². The van der Waals surface area contributed by atoms with Gasteiger partial charge >= 0.3 is 0 Å². The van der Waals surface area contributed by atoms with E-state index in [2.05, 4.69) is 13.0 Å². The summed E-state index contributed by atoms with van der Waals surface area (Å²) in [7, 11) is 1.66. The van der Waals surface area contributed by atoms with E-state index in [4.69, 9.17) is 18.9 Å². The van der Waals surface area contributed by atoms with Gasteiger partial charge in [0, 0.05) is 6.42 Å². The lowest BCUT2D eigenvalue weighted by Gasteiger charge is -2.23. The van der Waals surface area contributed by atoms with Crippen molar-refractivity contribution in [2.24, 2.45) is 0 Å². The number of ether oxygens (including phenoxy) is 4. The first kappa shape index (κ1) is 14.2. The van der Waals surface area contributed by atoms with Crippen LogP contribution in [-0.4, -0.2) is 33.2 Å². The zero-order valence-electron chi connectivity index (χ0n) is 11.7. The molecule has 0 bridgehead atoms. The smallest absolute Gasteiger partial charge is 0.161 e. The molecule has 1 saturated heterocycles. The molecule has 4 nitrogen and oxygen atoms in total. The summed E-state index contributed by atoms with van der Waals surface area (Å²) in [6.07, 6.45) is 2.57. The average Bonchev–Trinajstić information content (AvgIpc) is 2.48. The van der Waals surface area contributed by atoms with Crippen LogP contribution in [0.1, 0.15) is 25.3 Å². The molecule has 1 aliphatic rings. The summed E-state index contributed by atoms with van der Waals surface area (Å²) in [6.45, 7) is 4.23. The van der Waals surface area contributed by atoms with Crippen molar-refractivity contribution in [3.8, 4) is 11.5 Å². The molecule has 0 aromatic heterocycles. The first-order valence-electron chi connectivity index (χ1n) is 6.86. The number of hydrogen-bond acceptors (Lipinski definition) is 4. The predicted octanol–water partition coefficient (Wildman–Crippen LogP) is 2.79. The van der Waals surface area contributed by atoms with Crippen molar-refractivity contribution in [2.75, 3.05) is 26.9 Å². The molecular formula is C15H22O4. The first-order chi connectivity index (χ1) is 9.33. The second-order valence-electron chi connectivity index (χ2n) is 4.50. The van der Waals surface area contributed by atoms with E-state index in [1.165, 1.54) is 5.56 Å². The highest BCUT2D eigenvalue weighted by Gasteiger charge is 2.14. The van der Waals surface area contributed by atoms with Crippen molar-refractivity contribution >= 4 is 0 Å². The molecule has 2 rings (SSSR count). The van der Waals surface area contributed by atoms with Gasteiger partial charge in [0.1, 0.15) is 0 Å². The number of benzene rings is 1. The molecule has 106 valence electrons. The Balaban J connectivity index is 1.84. The lowest BCUT2D eigenvalue weighted by Crippen LogP contribution is -2.26. The molecule has 19 heavy (non-hydrogen) atoms. The van der Waals surface area contributed by atoms with E-state index in [-0.39, 0.29) is 6.29 Å². The zero-order chi connectivity index (χ0) is 13.5. The minimum Gasteiger partial charge on any atom is -0.493 e. The minimum atomic E-state index is -0.130. The second-order valence-corrected chi connectivity index (χ2v) is 4.50. The van der Waals surface area contributed by atoms with Crippen LogP contribution in [0.3, 0.4) is 0 Å². The lowest BCUT2D eigenvalue weighted by atomic mass is 10.1. The summed E-state index contributed by atoms with van der Waals surface area (Å²) < 4.78 is 22.0. The van der Waals surface area contributed by atoms with Crippen molar-refractivity contribution in [3.05, 3.63) is 23.8 Å². The molecule has 0 amide bonds. The highest BCUT2D eigenvalue weighted by atomic mass is 16.7. The predicted molar refractivity (Wildman–Crippen MR) is 72.8 cm³/mol. The fraction of sp³-hybridized carbons (Fsp3) is 0.600. The highest BCUT2D eigenvalue weighted by Crippen LogP contribution is 2.28. The van der Waals surface area contributed by atoms with Crippen LogP contribution in [0.4, 0.5) is 0 Å². The van der Waals surface area contributed by atoms with Gasteiger partial charge in [0.15, 0.2) is 17.8 Å². The number of hydrogen-bond donors (Lipinski definition) is 0. The van der Waals surface area contributed by atoms with E-state index in [0.717, 1.165) is 44.0 Å². The fourth-order valence-corrected chi connectivity index (χ4v) is 2.02. The molecule has 1 aliphatic heterocycles. The van der Waals surface area contributed by atoms with E-state index in [9.17, 15) is 0 Å². The van der Waals surface area contributed by atoms with Crippen molar-refractivity contribution in [1.29, 1.82) is 0 Å². The maximum absolute atomic E-state index is 5.75. The Morgan fingerprint density at radius 2 is 2.00 bits per heavy atom. The topological polar surface area (TPSA) is 36.9 Å². The summed E-state index contributed by atoms with van der Waals surface area (Å²) in [4.78, 5) is 0. The molecule has 1 aromatic rings. The standard InChI is InChI=1S/C15H22O4/c1-3-12-5-6-13(14(11-12)16-2)17-10-7-15-18-8-4-9-19-15/h5-6,11,15H,3-4,7-10H2,1-2H3. The van der Waals surface area contributed by atoms with Crippen molar-refractivity contribution in [2.45, 2.75) is 32.5 Å². The van der Waals surface area contributed by atoms with Crippen LogP contribution < -0.4 is 9.47 Å². The van der Waals surface area contributed by atoms with Gasteiger partial charge < -0.3 is 18.9 Å². The second kappa shape index (κ2) is 7.36. The zero-order valence-corrected chi connectivity index (χ0v) is 11.7. The molecule has 0 N–H and O–H groups in total. The Labute approximate surface area is 114 Å². The maximum Gasteiger partial charge on any atom is 0.161 e. The molecule has 1 heterocycles. The molecular weight excluding hydrogens is 244 g/mol. The number of aryl methyl sites for hydroxylation is 1. The molecule has 4 heteroatoms. The summed E-state index contributed by atoms with van der Waals surface area (Å²) in [5.41, 5.74) is 1.24. The SMILES string of the molecule is CCc1ccc(OCCC2OCCCO2)c(OC)c1. The van der Waals surface area contributed by atoms with E-state index in [1.807, 2.05) is 12.1 Å². The van der Waals surface area contributed by atoms with E-state index >= 15 is 0 Å². The Bertz CT molecular complexity index is 386. The van der Waals surface area contributed by atoms with Crippen LogP contribution in [0.5, 0.6) is 11.5 Å². The maximum atomic E-state index is 5.75.